The van der Waals surface area contributed by atoms with Crippen LogP contribution in [0.3, 0.4) is 0 Å². The molecule has 49 heavy (non-hydrogen) atoms. The lowest BCUT2D eigenvalue weighted by Gasteiger charge is -2.40. The van der Waals surface area contributed by atoms with Crippen molar-refractivity contribution in [1.82, 2.24) is 5.32 Å². The highest BCUT2D eigenvalue weighted by molar-refractivity contribution is 5.76. The molecule has 0 saturated carbocycles. The summed E-state index contributed by atoms with van der Waals surface area (Å²) in [6.45, 7) is 3.46. The Morgan fingerprint density at radius 1 is 0.714 bits per heavy atom. The van der Waals surface area contributed by atoms with Crippen LogP contribution in [0.5, 0.6) is 0 Å². The third kappa shape index (κ3) is 21.9. The Morgan fingerprint density at radius 3 is 1.90 bits per heavy atom. The van der Waals surface area contributed by atoms with E-state index in [-0.39, 0.29) is 12.5 Å². The Hall–Kier alpha value is -2.63. The third-order valence-electron chi connectivity index (χ3n) is 7.93. The van der Waals surface area contributed by atoms with Crippen LogP contribution in [-0.4, -0.2) is 87.5 Å². The number of aliphatic hydroxyl groups is 5. The number of ether oxygens (including phenoxy) is 2. The Kier molecular flexibility index (Phi) is 27.4. The fourth-order valence-electron chi connectivity index (χ4n) is 4.97. The van der Waals surface area contributed by atoms with E-state index in [1.165, 1.54) is 0 Å². The normalized spacial score (nSPS) is 23.4. The summed E-state index contributed by atoms with van der Waals surface area (Å²) in [5.41, 5.74) is 0. The van der Waals surface area contributed by atoms with E-state index in [0.717, 1.165) is 77.0 Å². The molecule has 1 saturated heterocycles. The highest BCUT2D eigenvalue weighted by atomic mass is 16.7. The predicted octanol–water partition coefficient (Wildman–Crippen LogP) is 6.04. The first kappa shape index (κ1) is 44.4. The maximum Gasteiger partial charge on any atom is 0.220 e. The highest BCUT2D eigenvalue weighted by Gasteiger charge is 2.44. The summed E-state index contributed by atoms with van der Waals surface area (Å²) >= 11 is 0. The van der Waals surface area contributed by atoms with Gasteiger partial charge in [-0.15, -0.1) is 0 Å². The van der Waals surface area contributed by atoms with Crippen molar-refractivity contribution >= 4 is 5.91 Å². The highest BCUT2D eigenvalue weighted by Crippen LogP contribution is 2.22. The van der Waals surface area contributed by atoms with Crippen LogP contribution in [-0.2, 0) is 14.3 Å². The lowest BCUT2D eigenvalue weighted by atomic mass is 9.99. The van der Waals surface area contributed by atoms with E-state index in [1.807, 2.05) is 6.08 Å². The summed E-state index contributed by atoms with van der Waals surface area (Å²) in [6, 6.07) is -0.840. The van der Waals surface area contributed by atoms with E-state index in [9.17, 15) is 30.3 Å². The number of nitrogens with one attached hydrogen (secondary N) is 1. The van der Waals surface area contributed by atoms with Crippen molar-refractivity contribution in [1.29, 1.82) is 0 Å². The van der Waals surface area contributed by atoms with Gasteiger partial charge in [0.05, 0.1) is 25.4 Å². The van der Waals surface area contributed by atoms with E-state index in [2.05, 4.69) is 92.1 Å². The van der Waals surface area contributed by atoms with E-state index >= 15 is 0 Å². The standard InChI is InChI=1S/C40H65NO8/c1-3-5-7-9-11-12-13-14-15-16-17-18-19-20-21-22-24-26-28-30-36(44)41-33(34(43)29-27-25-23-10-8-6-4-2)32-48-40-39(47)38(46)37(45)35(31-42)49-40/h5,7-8,10-12,14-15,17-18,20-21,27,29,33-35,37-40,42-43,45-47H,3-4,6,9,13,16,19,22-26,28,30-32H2,1-2H3,(H,41,44)/b7-5-,10-8+,12-11-,15-14-,18-17-,21-20-,29-27+. The molecule has 1 aliphatic heterocycles. The molecule has 1 heterocycles. The molecule has 7 unspecified atom stereocenters. The molecule has 0 spiro atoms. The molecule has 0 bridgehead atoms. The number of hydrogen-bond acceptors (Lipinski definition) is 8. The number of hydrogen-bond donors (Lipinski definition) is 6. The SMILES string of the molecule is CC/C=C\C/C=C\C/C=C\C/C=C\C/C=C\CCCCCC(=O)NC(COC1OC(CO)C(O)C(O)C1O)C(O)/C=C/CC/C=C/CCC. The first-order valence-corrected chi connectivity index (χ1v) is 18.3. The fourth-order valence-corrected chi connectivity index (χ4v) is 4.97. The van der Waals surface area contributed by atoms with Crippen molar-refractivity contribution < 1.29 is 39.8 Å². The lowest BCUT2D eigenvalue weighted by molar-refractivity contribution is -0.302. The average Bonchev–Trinajstić information content (AvgIpc) is 3.10. The zero-order valence-corrected chi connectivity index (χ0v) is 29.9. The average molecular weight is 688 g/mol. The summed E-state index contributed by atoms with van der Waals surface area (Å²) in [5, 5.41) is 53.6. The van der Waals surface area contributed by atoms with Crippen LogP contribution in [0.1, 0.15) is 104 Å². The number of amides is 1. The summed E-state index contributed by atoms with van der Waals surface area (Å²) < 4.78 is 11.1. The van der Waals surface area contributed by atoms with Crippen LogP contribution >= 0.6 is 0 Å². The van der Waals surface area contributed by atoms with Gasteiger partial charge in [-0.25, -0.2) is 0 Å². The van der Waals surface area contributed by atoms with Crippen LogP contribution in [0.2, 0.25) is 0 Å². The molecule has 1 fully saturated rings. The smallest absolute Gasteiger partial charge is 0.220 e. The summed E-state index contributed by atoms with van der Waals surface area (Å²) in [5.74, 6) is -0.229. The Balaban J connectivity index is 2.43. The summed E-state index contributed by atoms with van der Waals surface area (Å²) in [7, 11) is 0. The fraction of sp³-hybridized carbons (Fsp3) is 0.625. The predicted molar refractivity (Wildman–Crippen MR) is 198 cm³/mol. The quantitative estimate of drug-likeness (QED) is 0.0452. The summed E-state index contributed by atoms with van der Waals surface area (Å²) in [6.07, 6.45) is 33.7. The van der Waals surface area contributed by atoms with E-state index in [4.69, 9.17) is 9.47 Å². The van der Waals surface area contributed by atoms with Gasteiger partial charge >= 0.3 is 0 Å². The molecular weight excluding hydrogens is 622 g/mol. The minimum Gasteiger partial charge on any atom is -0.394 e. The van der Waals surface area contributed by atoms with Gasteiger partial charge in [-0.3, -0.25) is 4.79 Å². The zero-order valence-electron chi connectivity index (χ0n) is 29.9. The third-order valence-corrected chi connectivity index (χ3v) is 7.93. The Morgan fingerprint density at radius 2 is 1.29 bits per heavy atom. The molecule has 9 nitrogen and oxygen atoms in total. The molecule has 7 atom stereocenters. The molecule has 278 valence electrons. The molecule has 1 rings (SSSR count). The summed E-state index contributed by atoms with van der Waals surface area (Å²) in [4.78, 5) is 12.8. The Bertz CT molecular complexity index is 1030. The largest absolute Gasteiger partial charge is 0.394 e. The van der Waals surface area contributed by atoms with Crippen molar-refractivity contribution in [3.8, 4) is 0 Å². The van der Waals surface area contributed by atoms with Gasteiger partial charge in [0, 0.05) is 6.42 Å². The molecule has 9 heteroatoms. The topological polar surface area (TPSA) is 149 Å². The first-order valence-electron chi connectivity index (χ1n) is 18.3. The van der Waals surface area contributed by atoms with E-state index in [1.54, 1.807) is 6.08 Å². The van der Waals surface area contributed by atoms with Crippen LogP contribution in [0, 0.1) is 0 Å². The number of carbonyl (C=O) groups is 1. The Labute approximate surface area is 295 Å². The first-order chi connectivity index (χ1) is 23.8. The lowest BCUT2D eigenvalue weighted by Crippen LogP contribution is -2.60. The number of unbranched alkanes of at least 4 members (excludes halogenated alkanes) is 5. The maximum absolute atomic E-state index is 12.8. The molecule has 0 aromatic carbocycles. The van der Waals surface area contributed by atoms with Crippen molar-refractivity contribution in [2.75, 3.05) is 13.2 Å². The van der Waals surface area contributed by atoms with Gasteiger partial charge in [-0.1, -0.05) is 112 Å². The van der Waals surface area contributed by atoms with Crippen molar-refractivity contribution in [2.45, 2.75) is 147 Å². The van der Waals surface area contributed by atoms with E-state index in [0.29, 0.717) is 12.8 Å². The van der Waals surface area contributed by atoms with Gasteiger partial charge in [-0.2, -0.15) is 0 Å². The van der Waals surface area contributed by atoms with Gasteiger partial charge in [0.2, 0.25) is 5.91 Å². The van der Waals surface area contributed by atoms with Crippen LogP contribution in [0.25, 0.3) is 0 Å². The number of rotatable bonds is 27. The van der Waals surface area contributed by atoms with Crippen molar-refractivity contribution in [3.63, 3.8) is 0 Å². The molecule has 0 radical (unpaired) electrons. The van der Waals surface area contributed by atoms with Gasteiger partial charge in [0.15, 0.2) is 6.29 Å². The van der Waals surface area contributed by atoms with Crippen molar-refractivity contribution in [3.05, 3.63) is 85.1 Å². The van der Waals surface area contributed by atoms with Gasteiger partial charge in [0.25, 0.3) is 0 Å². The zero-order chi connectivity index (χ0) is 36.0. The molecular formula is C40H65NO8. The molecule has 1 amide bonds. The monoisotopic (exact) mass is 687 g/mol. The number of carbonyl (C=O) groups excluding carboxylic acids is 1. The van der Waals surface area contributed by atoms with Gasteiger partial charge in [0.1, 0.15) is 24.4 Å². The number of allylic oxidation sites excluding steroid dienone is 13. The van der Waals surface area contributed by atoms with E-state index < -0.39 is 49.5 Å². The molecule has 0 aliphatic carbocycles. The van der Waals surface area contributed by atoms with Gasteiger partial charge < -0.3 is 40.3 Å². The molecule has 0 aromatic heterocycles. The minimum atomic E-state index is -1.58. The molecule has 0 aromatic rings. The van der Waals surface area contributed by atoms with Crippen LogP contribution in [0.15, 0.2) is 85.1 Å². The number of aliphatic hydroxyl groups excluding tert-OH is 5. The van der Waals surface area contributed by atoms with Gasteiger partial charge in [-0.05, 0) is 70.6 Å². The molecule has 6 N–H and O–H groups in total. The molecule has 1 aliphatic rings. The second-order valence-corrected chi connectivity index (χ2v) is 12.3. The second kappa shape index (κ2) is 30.2. The van der Waals surface area contributed by atoms with Crippen LogP contribution < -0.4 is 5.32 Å². The van der Waals surface area contributed by atoms with Crippen LogP contribution in [0.4, 0.5) is 0 Å². The van der Waals surface area contributed by atoms with Crippen molar-refractivity contribution in [2.24, 2.45) is 0 Å². The minimum absolute atomic E-state index is 0.222. The maximum atomic E-state index is 12.8. The second-order valence-electron chi connectivity index (χ2n) is 12.3.